The molecule has 0 aromatic heterocycles. The van der Waals surface area contributed by atoms with Crippen LogP contribution in [0.1, 0.15) is 5.56 Å². The number of para-hydroxylation sites is 1. The van der Waals surface area contributed by atoms with E-state index in [0.29, 0.717) is 0 Å². The van der Waals surface area contributed by atoms with Gasteiger partial charge in [0.05, 0.1) is 6.21 Å². The van der Waals surface area contributed by atoms with Crippen molar-refractivity contribution in [1.29, 1.82) is 0 Å². The van der Waals surface area contributed by atoms with E-state index in [9.17, 15) is 4.79 Å². The van der Waals surface area contributed by atoms with Gasteiger partial charge in [-0.05, 0) is 29.3 Å². The fraction of sp³-hybridized carbons (Fsp3) is 0.130. The third-order valence-electron chi connectivity index (χ3n) is 4.17. The Labute approximate surface area is 165 Å². The zero-order valence-corrected chi connectivity index (χ0v) is 16.0. The summed E-state index contributed by atoms with van der Waals surface area (Å²) in [6.07, 6.45) is 1.59. The second-order valence-corrected chi connectivity index (χ2v) is 6.45. The van der Waals surface area contributed by atoms with Crippen LogP contribution in [0.15, 0.2) is 84.0 Å². The number of oxime groups is 1. The normalized spacial score (nSPS) is 10.6. The number of carbonyl (C=O) groups excluding carboxylic acids is 1. The first-order valence-corrected chi connectivity index (χ1v) is 9.00. The molecule has 0 saturated heterocycles. The number of rotatable bonds is 7. The third kappa shape index (κ3) is 5.20. The Morgan fingerprint density at radius 1 is 0.964 bits per heavy atom. The molecule has 0 saturated carbocycles. The van der Waals surface area contributed by atoms with Gasteiger partial charge in [0.15, 0.2) is 6.61 Å². The maximum absolute atomic E-state index is 12.2. The number of benzene rings is 3. The molecule has 0 fully saturated rings. The van der Waals surface area contributed by atoms with Crippen LogP contribution < -0.4 is 10.2 Å². The molecule has 5 heteroatoms. The van der Waals surface area contributed by atoms with Crippen LogP contribution in [-0.2, 0) is 9.63 Å². The molecule has 0 heterocycles. The molecule has 3 rings (SSSR count). The van der Waals surface area contributed by atoms with Gasteiger partial charge in [0, 0.05) is 31.0 Å². The number of nitrogens with one attached hydrogen (secondary N) is 1. The van der Waals surface area contributed by atoms with Crippen LogP contribution in [0.4, 0.5) is 11.4 Å². The summed E-state index contributed by atoms with van der Waals surface area (Å²) in [4.78, 5) is 19.4. The summed E-state index contributed by atoms with van der Waals surface area (Å²) in [5.74, 6) is -0.261. The lowest BCUT2D eigenvalue weighted by atomic mass is 10.0. The Bertz CT molecular complexity index is 936. The molecule has 3 aromatic rings. The predicted octanol–water partition coefficient (Wildman–Crippen LogP) is 4.41. The molecular formula is C23H23N3O2. The lowest BCUT2D eigenvalue weighted by molar-refractivity contribution is -0.120. The van der Waals surface area contributed by atoms with Gasteiger partial charge >= 0.3 is 0 Å². The summed E-state index contributed by atoms with van der Waals surface area (Å²) >= 11 is 0. The molecule has 142 valence electrons. The first-order valence-electron chi connectivity index (χ1n) is 9.00. The standard InChI is InChI=1S/C23H23N3O2/c1-26(2)20-14-12-18(13-15-20)16-24-28-17-23(27)25-22-11-7-6-10-21(22)19-8-4-3-5-9-19/h3-16H,17H2,1-2H3,(H,25,27)/b24-16+. The molecule has 3 aromatic carbocycles. The minimum Gasteiger partial charge on any atom is -0.386 e. The predicted molar refractivity (Wildman–Crippen MR) is 115 cm³/mol. The highest BCUT2D eigenvalue weighted by Crippen LogP contribution is 2.27. The summed E-state index contributed by atoms with van der Waals surface area (Å²) in [5, 5.41) is 6.76. The van der Waals surface area contributed by atoms with Gasteiger partial charge in [0.25, 0.3) is 5.91 Å². The number of hydrogen-bond donors (Lipinski definition) is 1. The second-order valence-electron chi connectivity index (χ2n) is 6.45. The lowest BCUT2D eigenvalue weighted by Crippen LogP contribution is -2.17. The van der Waals surface area contributed by atoms with E-state index in [1.54, 1.807) is 6.21 Å². The van der Waals surface area contributed by atoms with Crippen molar-refractivity contribution in [2.75, 3.05) is 30.9 Å². The summed E-state index contributed by atoms with van der Waals surface area (Å²) in [6, 6.07) is 25.5. The van der Waals surface area contributed by atoms with E-state index in [0.717, 1.165) is 28.1 Å². The minimum atomic E-state index is -0.261. The molecule has 1 amide bonds. The van der Waals surface area contributed by atoms with Crippen molar-refractivity contribution in [2.24, 2.45) is 5.16 Å². The molecular weight excluding hydrogens is 350 g/mol. The van der Waals surface area contributed by atoms with E-state index in [4.69, 9.17) is 4.84 Å². The van der Waals surface area contributed by atoms with Crippen molar-refractivity contribution in [1.82, 2.24) is 0 Å². The van der Waals surface area contributed by atoms with Crippen LogP contribution in [0.2, 0.25) is 0 Å². The molecule has 0 aliphatic rings. The van der Waals surface area contributed by atoms with Gasteiger partial charge in [0.1, 0.15) is 0 Å². The molecule has 0 bridgehead atoms. The second kappa shape index (κ2) is 9.37. The summed E-state index contributed by atoms with van der Waals surface area (Å²) in [7, 11) is 3.97. The molecule has 1 N–H and O–H groups in total. The SMILES string of the molecule is CN(C)c1ccc(/C=N/OCC(=O)Nc2ccccc2-c2ccccc2)cc1. The number of hydrogen-bond acceptors (Lipinski definition) is 4. The Morgan fingerprint density at radius 2 is 1.64 bits per heavy atom. The van der Waals surface area contributed by atoms with E-state index in [2.05, 4.69) is 10.5 Å². The molecule has 0 radical (unpaired) electrons. The molecule has 0 spiro atoms. The third-order valence-corrected chi connectivity index (χ3v) is 4.17. The van der Waals surface area contributed by atoms with E-state index in [-0.39, 0.29) is 12.5 Å². The van der Waals surface area contributed by atoms with Crippen LogP contribution in [0, 0.1) is 0 Å². The maximum atomic E-state index is 12.2. The van der Waals surface area contributed by atoms with Crippen molar-refractivity contribution in [3.63, 3.8) is 0 Å². The monoisotopic (exact) mass is 373 g/mol. The minimum absolute atomic E-state index is 0.157. The van der Waals surface area contributed by atoms with Crippen LogP contribution in [0.3, 0.4) is 0 Å². The van der Waals surface area contributed by atoms with Crippen molar-refractivity contribution in [3.05, 3.63) is 84.4 Å². The van der Waals surface area contributed by atoms with Gasteiger partial charge < -0.3 is 15.1 Å². The summed E-state index contributed by atoms with van der Waals surface area (Å²) in [5.41, 5.74) is 4.75. The Balaban J connectivity index is 1.55. The fourth-order valence-electron chi connectivity index (χ4n) is 2.70. The van der Waals surface area contributed by atoms with Crippen LogP contribution >= 0.6 is 0 Å². The molecule has 28 heavy (non-hydrogen) atoms. The smallest absolute Gasteiger partial charge is 0.265 e. The lowest BCUT2D eigenvalue weighted by Gasteiger charge is -2.11. The summed E-state index contributed by atoms with van der Waals surface area (Å²) in [6.45, 7) is -0.157. The Morgan fingerprint density at radius 3 is 2.36 bits per heavy atom. The van der Waals surface area contributed by atoms with Gasteiger partial charge in [-0.25, -0.2) is 0 Å². The molecule has 5 nitrogen and oxygen atoms in total. The quantitative estimate of drug-likeness (QED) is 0.493. The fourth-order valence-corrected chi connectivity index (χ4v) is 2.70. The number of anilines is 2. The first kappa shape index (κ1) is 19.2. The van der Waals surface area contributed by atoms with E-state index >= 15 is 0 Å². The topological polar surface area (TPSA) is 53.9 Å². The highest BCUT2D eigenvalue weighted by atomic mass is 16.6. The molecule has 0 aliphatic heterocycles. The largest absolute Gasteiger partial charge is 0.386 e. The number of amides is 1. The maximum Gasteiger partial charge on any atom is 0.265 e. The Hall–Kier alpha value is -3.60. The number of nitrogens with zero attached hydrogens (tertiary/aromatic N) is 2. The molecule has 0 unspecified atom stereocenters. The van der Waals surface area contributed by atoms with Crippen LogP contribution in [-0.4, -0.2) is 32.8 Å². The average Bonchev–Trinajstić information content (AvgIpc) is 2.72. The molecule has 0 atom stereocenters. The highest BCUT2D eigenvalue weighted by Gasteiger charge is 2.08. The zero-order chi connectivity index (χ0) is 19.8. The van der Waals surface area contributed by atoms with Crippen LogP contribution in [0.25, 0.3) is 11.1 Å². The van der Waals surface area contributed by atoms with Gasteiger partial charge in [-0.2, -0.15) is 0 Å². The molecule has 0 aliphatic carbocycles. The van der Waals surface area contributed by atoms with Crippen molar-refractivity contribution >= 4 is 23.5 Å². The van der Waals surface area contributed by atoms with Crippen molar-refractivity contribution in [3.8, 4) is 11.1 Å². The van der Waals surface area contributed by atoms with E-state index in [1.165, 1.54) is 0 Å². The van der Waals surface area contributed by atoms with Crippen molar-refractivity contribution < 1.29 is 9.63 Å². The average molecular weight is 373 g/mol. The van der Waals surface area contributed by atoms with Crippen molar-refractivity contribution in [2.45, 2.75) is 0 Å². The highest BCUT2D eigenvalue weighted by molar-refractivity contribution is 5.96. The van der Waals surface area contributed by atoms with Gasteiger partial charge in [-0.1, -0.05) is 65.8 Å². The summed E-state index contributed by atoms with van der Waals surface area (Å²) < 4.78 is 0. The Kier molecular flexibility index (Phi) is 6.41. The first-order chi connectivity index (χ1) is 13.6. The number of carbonyl (C=O) groups is 1. The van der Waals surface area contributed by atoms with Crippen LogP contribution in [0.5, 0.6) is 0 Å². The van der Waals surface area contributed by atoms with Gasteiger partial charge in [0.2, 0.25) is 0 Å². The van der Waals surface area contributed by atoms with E-state index in [1.807, 2.05) is 97.9 Å². The zero-order valence-electron chi connectivity index (χ0n) is 16.0. The van der Waals surface area contributed by atoms with Gasteiger partial charge in [-0.3, -0.25) is 4.79 Å². The van der Waals surface area contributed by atoms with Gasteiger partial charge in [-0.15, -0.1) is 0 Å². The van der Waals surface area contributed by atoms with E-state index < -0.39 is 0 Å².